The van der Waals surface area contributed by atoms with Gasteiger partial charge in [0.2, 0.25) is 0 Å². The van der Waals surface area contributed by atoms with Crippen molar-refractivity contribution in [2.45, 2.75) is 130 Å². The molecule has 2 saturated carbocycles. The van der Waals surface area contributed by atoms with Crippen LogP contribution in [0.4, 0.5) is 0 Å². The second kappa shape index (κ2) is 22.0. The number of hydrogen-bond acceptors (Lipinski definition) is 5. The van der Waals surface area contributed by atoms with E-state index in [0.29, 0.717) is 43.0 Å². The van der Waals surface area contributed by atoms with Crippen LogP contribution in [0.5, 0.6) is 0 Å². The third-order valence-electron chi connectivity index (χ3n) is 14.2. The molecule has 6 unspecified atom stereocenters. The molecule has 7 heteroatoms. The molecule has 3 aliphatic rings. The van der Waals surface area contributed by atoms with Crippen LogP contribution in [0.2, 0.25) is 10.0 Å². The van der Waals surface area contributed by atoms with Gasteiger partial charge in [0.15, 0.2) is 0 Å². The van der Waals surface area contributed by atoms with E-state index in [1.54, 1.807) is 0 Å². The highest BCUT2D eigenvalue weighted by Gasteiger charge is 2.53. The Morgan fingerprint density at radius 2 is 1.18 bits per heavy atom. The number of ether oxygens (including phenoxy) is 3. The monoisotopic (exact) mass is 884 g/mol. The van der Waals surface area contributed by atoms with Gasteiger partial charge in [-0.3, -0.25) is 0 Å². The van der Waals surface area contributed by atoms with E-state index >= 15 is 0 Å². The van der Waals surface area contributed by atoms with Gasteiger partial charge >= 0.3 is 0 Å². The van der Waals surface area contributed by atoms with Crippen molar-refractivity contribution in [2.24, 2.45) is 40.2 Å². The van der Waals surface area contributed by atoms with Gasteiger partial charge in [0.25, 0.3) is 0 Å². The lowest BCUT2D eigenvalue weighted by molar-refractivity contribution is 0.0827. The number of aliphatic hydroxyl groups excluding tert-OH is 1. The minimum Gasteiger partial charge on any atom is -0.396 e. The largest absolute Gasteiger partial charge is 0.396 e. The summed E-state index contributed by atoms with van der Waals surface area (Å²) >= 11 is 13.4. The van der Waals surface area contributed by atoms with Crippen molar-refractivity contribution in [1.29, 1.82) is 0 Å². The van der Waals surface area contributed by atoms with Gasteiger partial charge < -0.3 is 25.1 Å². The highest BCUT2D eigenvalue weighted by molar-refractivity contribution is 6.31. The van der Waals surface area contributed by atoms with Gasteiger partial charge in [0, 0.05) is 46.7 Å². The molecule has 1 saturated heterocycles. The van der Waals surface area contributed by atoms with E-state index in [9.17, 15) is 5.11 Å². The highest BCUT2D eigenvalue weighted by atomic mass is 35.5. The molecule has 62 heavy (non-hydrogen) atoms. The Hall–Kier alpha value is -2.74. The number of hydrogen-bond donors (Lipinski definition) is 2. The molecule has 7 rings (SSSR count). The lowest BCUT2D eigenvalue weighted by Crippen LogP contribution is -2.43. The van der Waals surface area contributed by atoms with Crippen molar-refractivity contribution in [3.05, 3.63) is 140 Å². The summed E-state index contributed by atoms with van der Waals surface area (Å²) in [6.07, 6.45) is 10.6. The molecule has 338 valence electrons. The third-order valence-corrected chi connectivity index (χ3v) is 15.0. The predicted molar refractivity (Wildman–Crippen MR) is 258 cm³/mol. The Bertz CT molecular complexity index is 1930. The fourth-order valence-corrected chi connectivity index (χ4v) is 10.8. The van der Waals surface area contributed by atoms with Gasteiger partial charge in [-0.05, 0) is 138 Å². The predicted octanol–water partition coefficient (Wildman–Crippen LogP) is 13.3. The topological polar surface area (TPSA) is 73.9 Å². The Kier molecular flexibility index (Phi) is 17.3. The van der Waals surface area contributed by atoms with E-state index < -0.39 is 5.54 Å². The normalized spacial score (nSPS) is 24.8. The van der Waals surface area contributed by atoms with Gasteiger partial charge in [0.05, 0.1) is 26.4 Å². The van der Waals surface area contributed by atoms with Crippen LogP contribution in [0, 0.1) is 34.5 Å². The number of rotatable bonds is 17. The molecule has 1 heterocycles. The summed E-state index contributed by atoms with van der Waals surface area (Å²) in [6, 6.07) is 33.8. The van der Waals surface area contributed by atoms with Crippen molar-refractivity contribution < 1.29 is 19.3 Å². The van der Waals surface area contributed by atoms with Crippen molar-refractivity contribution in [3.63, 3.8) is 0 Å². The number of aryl methyl sites for hydroxylation is 2. The molecule has 0 radical (unpaired) electrons. The summed E-state index contributed by atoms with van der Waals surface area (Å²) in [4.78, 5) is 0. The molecule has 0 spiro atoms. The maximum Gasteiger partial charge on any atom is 0.0716 e. The number of halogens is 2. The first-order valence-corrected chi connectivity index (χ1v) is 24.1. The fraction of sp³-hybridized carbons (Fsp3) is 0.564. The molecule has 0 bridgehead atoms. The molecule has 5 nitrogen and oxygen atoms in total. The quantitative estimate of drug-likeness (QED) is 0.103. The lowest BCUT2D eigenvalue weighted by Gasteiger charge is -2.34. The van der Waals surface area contributed by atoms with Crippen LogP contribution < -0.4 is 5.73 Å². The lowest BCUT2D eigenvalue weighted by atomic mass is 9.72. The standard InChI is InChI=1S/C28H37ClO2.C27H38ClNO2/c1-27(2,3)14-11-23-9-10-24(17-26(23)29)28-15-12-22(25(28)19-31-20-28)13-16-30-18-21-7-5-4-6-8-21;1-26(2,3)14-11-22-9-10-23(17-25(22)28)27(29)15-12-21(24(27)18-30)13-16-31-19-20-7-5-4-6-8-20/h4-10,17,22,25H,11-16,18-20H2,1-3H3;4-10,17,21,24,30H,11-16,18-19,29H2,1-3H3. The average molecular weight is 885 g/mol. The van der Waals surface area contributed by atoms with E-state index in [1.165, 1.54) is 40.7 Å². The first kappa shape index (κ1) is 48.7. The molecule has 6 atom stereocenters. The van der Waals surface area contributed by atoms with Crippen LogP contribution in [0.25, 0.3) is 0 Å². The zero-order valence-corrected chi connectivity index (χ0v) is 40.1. The van der Waals surface area contributed by atoms with E-state index in [1.807, 2.05) is 30.3 Å². The Morgan fingerprint density at radius 1 is 0.677 bits per heavy atom. The number of fused-ring (bicyclic) bond motifs is 1. The van der Waals surface area contributed by atoms with Crippen molar-refractivity contribution in [1.82, 2.24) is 0 Å². The molecule has 4 aromatic rings. The molecular weight excluding hydrogens is 810 g/mol. The summed E-state index contributed by atoms with van der Waals surface area (Å²) in [7, 11) is 0. The first-order valence-electron chi connectivity index (χ1n) is 23.4. The van der Waals surface area contributed by atoms with Gasteiger partial charge in [-0.1, -0.05) is 150 Å². The van der Waals surface area contributed by atoms with Crippen LogP contribution in [0.1, 0.15) is 126 Å². The number of aliphatic hydroxyl groups is 1. The summed E-state index contributed by atoms with van der Waals surface area (Å²) in [5.74, 6) is 1.61. The second-order valence-corrected chi connectivity index (χ2v) is 21.9. The van der Waals surface area contributed by atoms with Crippen LogP contribution in [-0.2, 0) is 51.2 Å². The minimum absolute atomic E-state index is 0.0179. The molecule has 0 amide bonds. The van der Waals surface area contributed by atoms with Crippen LogP contribution in [0.15, 0.2) is 97.1 Å². The van der Waals surface area contributed by atoms with Gasteiger partial charge in [-0.25, -0.2) is 0 Å². The summed E-state index contributed by atoms with van der Waals surface area (Å²) in [5.41, 5.74) is 14.4. The molecule has 4 aromatic carbocycles. The van der Waals surface area contributed by atoms with Crippen LogP contribution >= 0.6 is 23.2 Å². The first-order chi connectivity index (χ1) is 29.6. The molecule has 3 N–H and O–H groups in total. The zero-order chi connectivity index (χ0) is 44.4. The van der Waals surface area contributed by atoms with Crippen LogP contribution in [-0.4, -0.2) is 38.1 Å². The number of nitrogens with two attached hydrogens (primary N) is 1. The van der Waals surface area contributed by atoms with Crippen molar-refractivity contribution in [2.75, 3.05) is 33.0 Å². The van der Waals surface area contributed by atoms with Crippen molar-refractivity contribution >= 4 is 23.2 Å². The van der Waals surface area contributed by atoms with E-state index in [2.05, 4.69) is 108 Å². The molecule has 0 aromatic heterocycles. The SMILES string of the molecule is CC(C)(C)CCc1ccc(C2(N)CCC(CCOCc3ccccc3)C2CO)cc1Cl.CC(C)(C)CCc1ccc(C23CCC(CCOCc4ccccc4)C2COC3)cc1Cl. The molecule has 1 aliphatic heterocycles. The Balaban J connectivity index is 0.000000207. The maximum absolute atomic E-state index is 10.2. The van der Waals surface area contributed by atoms with Crippen LogP contribution in [0.3, 0.4) is 0 Å². The maximum atomic E-state index is 10.2. The second-order valence-electron chi connectivity index (χ2n) is 21.1. The average Bonchev–Trinajstić information content (AvgIpc) is 3.93. The third kappa shape index (κ3) is 13.0. The van der Waals surface area contributed by atoms with Crippen molar-refractivity contribution in [3.8, 4) is 0 Å². The fourth-order valence-electron chi connectivity index (χ4n) is 10.3. The summed E-state index contributed by atoms with van der Waals surface area (Å²) < 4.78 is 17.9. The zero-order valence-electron chi connectivity index (χ0n) is 38.6. The highest BCUT2D eigenvalue weighted by Crippen LogP contribution is 2.54. The van der Waals surface area contributed by atoms with E-state index in [4.69, 9.17) is 43.1 Å². The van der Waals surface area contributed by atoms with Gasteiger partial charge in [-0.2, -0.15) is 0 Å². The number of benzene rings is 4. The molecule has 2 aliphatic carbocycles. The van der Waals surface area contributed by atoms with Gasteiger partial charge in [-0.15, -0.1) is 0 Å². The molecule has 3 fully saturated rings. The molecular formula is C55H75Cl2NO4. The van der Waals surface area contributed by atoms with E-state index in [-0.39, 0.29) is 23.4 Å². The summed E-state index contributed by atoms with van der Waals surface area (Å²) in [6.45, 7) is 18.2. The Morgan fingerprint density at radius 3 is 1.69 bits per heavy atom. The minimum atomic E-state index is -0.537. The van der Waals surface area contributed by atoms with Gasteiger partial charge in [0.1, 0.15) is 0 Å². The summed E-state index contributed by atoms with van der Waals surface area (Å²) in [5, 5.41) is 11.9. The Labute approximate surface area is 384 Å². The smallest absolute Gasteiger partial charge is 0.0716 e. The van der Waals surface area contributed by atoms with E-state index in [0.717, 1.165) is 86.8 Å².